The van der Waals surface area contributed by atoms with Crippen molar-refractivity contribution in [1.82, 2.24) is 5.32 Å². The van der Waals surface area contributed by atoms with Crippen LogP contribution in [0.3, 0.4) is 0 Å². The highest BCUT2D eigenvalue weighted by atomic mass is 35.5. The van der Waals surface area contributed by atoms with E-state index in [1.54, 1.807) is 36.4 Å². The molecule has 7 nitrogen and oxygen atoms in total. The van der Waals surface area contributed by atoms with Crippen LogP contribution in [0, 0.1) is 6.92 Å². The van der Waals surface area contributed by atoms with E-state index in [9.17, 15) is 19.5 Å². The first-order chi connectivity index (χ1) is 14.8. The number of amides is 1. The zero-order valence-electron chi connectivity index (χ0n) is 17.1. The van der Waals surface area contributed by atoms with Gasteiger partial charge in [0.2, 0.25) is 0 Å². The summed E-state index contributed by atoms with van der Waals surface area (Å²) in [7, 11) is 0. The number of aryl methyl sites for hydroxylation is 2. The summed E-state index contributed by atoms with van der Waals surface area (Å²) in [5.41, 5.74) is 2.19. The van der Waals surface area contributed by atoms with Gasteiger partial charge >= 0.3 is 11.6 Å². The number of aliphatic carboxylic acids is 1. The van der Waals surface area contributed by atoms with Crippen LogP contribution in [0.4, 0.5) is 0 Å². The van der Waals surface area contributed by atoms with Gasteiger partial charge in [0.1, 0.15) is 17.4 Å². The highest BCUT2D eigenvalue weighted by molar-refractivity contribution is 6.30. The van der Waals surface area contributed by atoms with Gasteiger partial charge < -0.3 is 19.6 Å². The molecule has 0 spiro atoms. The minimum absolute atomic E-state index is 0.108. The fourth-order valence-corrected chi connectivity index (χ4v) is 3.42. The average Bonchev–Trinajstić information content (AvgIpc) is 2.71. The van der Waals surface area contributed by atoms with Gasteiger partial charge in [-0.2, -0.15) is 0 Å². The third kappa shape index (κ3) is 5.64. The minimum Gasteiger partial charge on any atom is -0.483 e. The maximum Gasteiger partial charge on any atom is 0.336 e. The van der Waals surface area contributed by atoms with E-state index in [2.05, 4.69) is 5.32 Å². The molecule has 3 rings (SSSR count). The third-order valence-electron chi connectivity index (χ3n) is 4.76. The molecule has 0 aliphatic rings. The average molecular weight is 444 g/mol. The van der Waals surface area contributed by atoms with Gasteiger partial charge in [-0.25, -0.2) is 9.59 Å². The molecule has 1 heterocycles. The van der Waals surface area contributed by atoms with E-state index in [0.29, 0.717) is 28.2 Å². The maximum atomic E-state index is 12.4. The first kappa shape index (κ1) is 22.4. The van der Waals surface area contributed by atoms with Gasteiger partial charge in [-0.3, -0.25) is 4.79 Å². The van der Waals surface area contributed by atoms with Crippen LogP contribution in [-0.4, -0.2) is 29.6 Å². The van der Waals surface area contributed by atoms with Crippen LogP contribution in [0.25, 0.3) is 11.0 Å². The molecule has 3 aromatic rings. The molecule has 8 heteroatoms. The van der Waals surface area contributed by atoms with E-state index >= 15 is 0 Å². The molecule has 0 saturated heterocycles. The molecular weight excluding hydrogens is 422 g/mol. The Hall–Kier alpha value is -3.32. The van der Waals surface area contributed by atoms with Gasteiger partial charge in [0.25, 0.3) is 5.91 Å². The Balaban J connectivity index is 1.75. The van der Waals surface area contributed by atoms with Crippen molar-refractivity contribution >= 4 is 34.4 Å². The monoisotopic (exact) mass is 443 g/mol. The van der Waals surface area contributed by atoms with Crippen molar-refractivity contribution in [2.24, 2.45) is 0 Å². The van der Waals surface area contributed by atoms with E-state index in [-0.39, 0.29) is 13.0 Å². The largest absolute Gasteiger partial charge is 0.483 e. The lowest BCUT2D eigenvalue weighted by atomic mass is 10.0. The van der Waals surface area contributed by atoms with Crippen molar-refractivity contribution in [2.45, 2.75) is 32.7 Å². The van der Waals surface area contributed by atoms with Crippen molar-refractivity contribution in [3.05, 3.63) is 74.6 Å². The standard InChI is InChI=1S/C23H22ClNO6/c1-3-15-11-21(27)31-19-9-13(2)8-18(22(15)19)30-12-20(26)25-17(23(28)29)10-14-4-6-16(24)7-5-14/h4-9,11,17H,3,10,12H2,1-2H3,(H,25,26)(H,28,29)/t17-/m0/s1. The molecule has 0 saturated carbocycles. The molecule has 162 valence electrons. The number of carboxylic acids is 1. The van der Waals surface area contributed by atoms with Crippen LogP contribution < -0.4 is 15.7 Å². The number of hydrogen-bond donors (Lipinski definition) is 2. The highest BCUT2D eigenvalue weighted by Crippen LogP contribution is 2.30. The summed E-state index contributed by atoms with van der Waals surface area (Å²) in [6.07, 6.45) is 0.687. The van der Waals surface area contributed by atoms with Crippen molar-refractivity contribution in [2.75, 3.05) is 6.61 Å². The van der Waals surface area contributed by atoms with E-state index in [4.69, 9.17) is 20.8 Å². The second kappa shape index (κ2) is 9.66. The number of fused-ring (bicyclic) bond motifs is 1. The van der Waals surface area contributed by atoms with E-state index in [1.165, 1.54) is 6.07 Å². The van der Waals surface area contributed by atoms with Crippen LogP contribution in [-0.2, 0) is 22.4 Å². The molecule has 0 aliphatic carbocycles. The molecule has 0 aliphatic heterocycles. The summed E-state index contributed by atoms with van der Waals surface area (Å²) >= 11 is 5.85. The van der Waals surface area contributed by atoms with E-state index in [0.717, 1.165) is 16.7 Å². The third-order valence-corrected chi connectivity index (χ3v) is 5.01. The first-order valence-corrected chi connectivity index (χ1v) is 10.1. The quantitative estimate of drug-likeness (QED) is 0.516. The number of carbonyl (C=O) groups excluding carboxylic acids is 1. The highest BCUT2D eigenvalue weighted by Gasteiger charge is 2.21. The molecule has 0 unspecified atom stereocenters. The number of nitrogens with one attached hydrogen (secondary N) is 1. The normalized spacial score (nSPS) is 11.8. The maximum absolute atomic E-state index is 12.4. The second-order valence-electron chi connectivity index (χ2n) is 7.16. The smallest absolute Gasteiger partial charge is 0.336 e. The van der Waals surface area contributed by atoms with Crippen LogP contribution in [0.5, 0.6) is 5.75 Å². The van der Waals surface area contributed by atoms with Gasteiger partial charge in [0, 0.05) is 17.5 Å². The molecule has 0 bridgehead atoms. The Kier molecular flexibility index (Phi) is 6.97. The fraction of sp³-hybridized carbons (Fsp3) is 0.261. The summed E-state index contributed by atoms with van der Waals surface area (Å²) in [6, 6.07) is 10.5. The predicted molar refractivity (Wildman–Crippen MR) is 117 cm³/mol. The van der Waals surface area contributed by atoms with Gasteiger partial charge in [-0.05, 0) is 54.3 Å². The molecule has 0 fully saturated rings. The molecule has 31 heavy (non-hydrogen) atoms. The predicted octanol–water partition coefficient (Wildman–Crippen LogP) is 3.51. The van der Waals surface area contributed by atoms with Gasteiger partial charge in [-0.15, -0.1) is 0 Å². The van der Waals surface area contributed by atoms with Crippen LogP contribution in [0.1, 0.15) is 23.6 Å². The molecule has 1 atom stereocenters. The Morgan fingerprint density at radius 3 is 2.55 bits per heavy atom. The lowest BCUT2D eigenvalue weighted by molar-refractivity contribution is -0.142. The lowest BCUT2D eigenvalue weighted by Crippen LogP contribution is -2.44. The van der Waals surface area contributed by atoms with Crippen molar-refractivity contribution in [3.63, 3.8) is 0 Å². The van der Waals surface area contributed by atoms with E-state index < -0.39 is 23.5 Å². The minimum atomic E-state index is -1.15. The summed E-state index contributed by atoms with van der Waals surface area (Å²) < 4.78 is 11.0. The van der Waals surface area contributed by atoms with Crippen molar-refractivity contribution in [3.8, 4) is 5.75 Å². The summed E-state index contributed by atoms with van der Waals surface area (Å²) in [5.74, 6) is -1.33. The number of rotatable bonds is 8. The zero-order chi connectivity index (χ0) is 22.5. The fourth-order valence-electron chi connectivity index (χ4n) is 3.30. The molecule has 0 radical (unpaired) electrons. The number of benzene rings is 2. The van der Waals surface area contributed by atoms with Gasteiger partial charge in [0.15, 0.2) is 6.61 Å². The Labute approximate surface area is 183 Å². The second-order valence-corrected chi connectivity index (χ2v) is 7.59. The van der Waals surface area contributed by atoms with E-state index in [1.807, 2.05) is 13.8 Å². The van der Waals surface area contributed by atoms with Crippen LogP contribution in [0.2, 0.25) is 5.02 Å². The topological polar surface area (TPSA) is 106 Å². The summed E-state index contributed by atoms with van der Waals surface area (Å²) in [6.45, 7) is 3.33. The number of carboxylic acid groups (broad SMARTS) is 1. The molecular formula is C23H22ClNO6. The summed E-state index contributed by atoms with van der Waals surface area (Å²) in [4.78, 5) is 35.8. The number of carbonyl (C=O) groups is 2. The number of halogens is 1. The molecule has 1 aromatic heterocycles. The number of ether oxygens (including phenoxy) is 1. The Morgan fingerprint density at radius 2 is 1.90 bits per heavy atom. The SMILES string of the molecule is CCc1cc(=O)oc2cc(C)cc(OCC(=O)N[C@@H](Cc3ccc(Cl)cc3)C(=O)O)c12. The zero-order valence-corrected chi connectivity index (χ0v) is 17.9. The molecule has 1 amide bonds. The summed E-state index contributed by atoms with van der Waals surface area (Å²) in [5, 5.41) is 13.1. The number of hydrogen-bond acceptors (Lipinski definition) is 5. The lowest BCUT2D eigenvalue weighted by Gasteiger charge is -2.16. The first-order valence-electron chi connectivity index (χ1n) is 9.73. The van der Waals surface area contributed by atoms with Gasteiger partial charge in [-0.1, -0.05) is 30.7 Å². The van der Waals surface area contributed by atoms with Crippen LogP contribution in [0.15, 0.2) is 51.7 Å². The molecule has 2 aromatic carbocycles. The van der Waals surface area contributed by atoms with Crippen molar-refractivity contribution in [1.29, 1.82) is 0 Å². The van der Waals surface area contributed by atoms with Crippen LogP contribution >= 0.6 is 11.6 Å². The molecule has 2 N–H and O–H groups in total. The van der Waals surface area contributed by atoms with Crippen molar-refractivity contribution < 1.29 is 23.8 Å². The van der Waals surface area contributed by atoms with Gasteiger partial charge in [0.05, 0.1) is 5.39 Å². The Bertz CT molecular complexity index is 1170. The Morgan fingerprint density at radius 1 is 1.19 bits per heavy atom.